The Balaban J connectivity index is 1.66. The zero-order chi connectivity index (χ0) is 28.0. The van der Waals surface area contributed by atoms with Crippen molar-refractivity contribution < 1.29 is 37.0 Å². The van der Waals surface area contributed by atoms with E-state index in [0.717, 1.165) is 6.07 Å². The van der Waals surface area contributed by atoms with Gasteiger partial charge in [-0.1, -0.05) is 23.7 Å². The van der Waals surface area contributed by atoms with E-state index in [0.29, 0.717) is 6.42 Å². The first-order valence-corrected chi connectivity index (χ1v) is 12.3. The third kappa shape index (κ3) is 8.27. The van der Waals surface area contributed by atoms with Gasteiger partial charge in [-0.2, -0.15) is 0 Å². The molecule has 0 saturated carbocycles. The Bertz CT molecular complexity index is 1180. The van der Waals surface area contributed by atoms with Crippen molar-refractivity contribution in [3.63, 3.8) is 0 Å². The molecule has 1 saturated heterocycles. The number of likely N-dealkylation sites (tertiary alicyclic amines) is 1. The standard InChI is InChI=1S/C26H29ClF3N3O5/c1-26(2,3)38-25(36)33-13-17(31-22(34)14-37-18-8-9-19(27)20(28)12-18)7-10-21(33)24(35)32-16-6-4-5-15(11-16)23(29)30/h4-6,8-9,11-12,17,21,23H,7,10,13-14H2,1-3H3,(H,31,34)(H,32,35)/t17?,21-/m0/s1. The highest BCUT2D eigenvalue weighted by molar-refractivity contribution is 6.30. The number of amides is 3. The highest BCUT2D eigenvalue weighted by Gasteiger charge is 2.38. The zero-order valence-corrected chi connectivity index (χ0v) is 21.9. The first kappa shape index (κ1) is 29.1. The Kier molecular flexibility index (Phi) is 9.48. The first-order valence-electron chi connectivity index (χ1n) is 11.9. The average molecular weight is 556 g/mol. The molecule has 2 aromatic carbocycles. The Morgan fingerprint density at radius 2 is 1.87 bits per heavy atom. The van der Waals surface area contributed by atoms with Gasteiger partial charge < -0.3 is 20.1 Å². The van der Waals surface area contributed by atoms with E-state index in [2.05, 4.69) is 10.6 Å². The number of ether oxygens (including phenoxy) is 2. The normalized spacial score (nSPS) is 17.6. The number of hydrogen-bond donors (Lipinski definition) is 2. The van der Waals surface area contributed by atoms with E-state index < -0.39 is 54.4 Å². The lowest BCUT2D eigenvalue weighted by molar-refractivity contribution is -0.125. The molecule has 0 aromatic heterocycles. The molecule has 1 unspecified atom stereocenters. The lowest BCUT2D eigenvalue weighted by atomic mass is 9.97. The van der Waals surface area contributed by atoms with E-state index in [1.807, 2.05) is 0 Å². The second-order valence-electron chi connectivity index (χ2n) is 9.77. The molecule has 0 bridgehead atoms. The largest absolute Gasteiger partial charge is 0.484 e. The summed E-state index contributed by atoms with van der Waals surface area (Å²) in [6, 6.07) is 7.58. The number of carbonyl (C=O) groups is 3. The van der Waals surface area contributed by atoms with Gasteiger partial charge in [0.2, 0.25) is 5.91 Å². The van der Waals surface area contributed by atoms with Gasteiger partial charge in [-0.15, -0.1) is 0 Å². The molecular formula is C26H29ClF3N3O5. The van der Waals surface area contributed by atoms with Gasteiger partial charge in [-0.3, -0.25) is 14.5 Å². The molecule has 0 aliphatic carbocycles. The highest BCUT2D eigenvalue weighted by Crippen LogP contribution is 2.25. The fourth-order valence-electron chi connectivity index (χ4n) is 3.85. The average Bonchev–Trinajstić information content (AvgIpc) is 2.83. The van der Waals surface area contributed by atoms with Crippen molar-refractivity contribution in [1.82, 2.24) is 10.2 Å². The number of carbonyl (C=O) groups excluding carboxylic acids is 3. The van der Waals surface area contributed by atoms with Crippen LogP contribution in [0.25, 0.3) is 0 Å². The van der Waals surface area contributed by atoms with Crippen LogP contribution in [0.3, 0.4) is 0 Å². The minimum Gasteiger partial charge on any atom is -0.484 e. The minimum atomic E-state index is -2.70. The summed E-state index contributed by atoms with van der Waals surface area (Å²) in [5, 5.41) is 5.25. The number of anilines is 1. The fourth-order valence-corrected chi connectivity index (χ4v) is 3.96. The van der Waals surface area contributed by atoms with E-state index in [9.17, 15) is 27.6 Å². The van der Waals surface area contributed by atoms with Gasteiger partial charge in [0, 0.05) is 29.9 Å². The van der Waals surface area contributed by atoms with Crippen molar-refractivity contribution in [1.29, 1.82) is 0 Å². The van der Waals surface area contributed by atoms with E-state index in [1.165, 1.54) is 41.3 Å². The molecule has 1 aliphatic heterocycles. The number of hydrogen-bond acceptors (Lipinski definition) is 5. The number of nitrogens with one attached hydrogen (secondary N) is 2. The smallest absolute Gasteiger partial charge is 0.411 e. The number of piperidine rings is 1. The molecule has 8 nitrogen and oxygen atoms in total. The molecule has 38 heavy (non-hydrogen) atoms. The Labute approximate surface area is 223 Å². The van der Waals surface area contributed by atoms with Crippen LogP contribution < -0.4 is 15.4 Å². The van der Waals surface area contributed by atoms with Gasteiger partial charge in [0.05, 0.1) is 5.02 Å². The third-order valence-corrected chi connectivity index (χ3v) is 5.85. The predicted molar refractivity (Wildman–Crippen MR) is 135 cm³/mol. The molecule has 206 valence electrons. The molecule has 1 fully saturated rings. The van der Waals surface area contributed by atoms with Crippen LogP contribution in [0.4, 0.5) is 23.7 Å². The Morgan fingerprint density at radius 3 is 2.53 bits per heavy atom. The third-order valence-electron chi connectivity index (χ3n) is 5.54. The minimum absolute atomic E-state index is 0.0363. The predicted octanol–water partition coefficient (Wildman–Crippen LogP) is 5.32. The van der Waals surface area contributed by atoms with Crippen LogP contribution >= 0.6 is 11.6 Å². The second kappa shape index (κ2) is 12.4. The van der Waals surface area contributed by atoms with Crippen LogP contribution in [0.5, 0.6) is 5.75 Å². The molecule has 2 N–H and O–H groups in total. The summed E-state index contributed by atoms with van der Waals surface area (Å²) in [5.41, 5.74) is -0.924. The number of nitrogens with zero attached hydrogens (tertiary/aromatic N) is 1. The van der Waals surface area contributed by atoms with Crippen LogP contribution in [-0.2, 0) is 14.3 Å². The van der Waals surface area contributed by atoms with Crippen molar-refractivity contribution in [3.8, 4) is 5.75 Å². The molecule has 1 aliphatic rings. The van der Waals surface area contributed by atoms with E-state index in [1.54, 1.807) is 20.8 Å². The van der Waals surface area contributed by atoms with Crippen molar-refractivity contribution in [2.24, 2.45) is 0 Å². The maximum absolute atomic E-state index is 13.6. The summed E-state index contributed by atoms with van der Waals surface area (Å²) in [6.45, 7) is 4.58. The van der Waals surface area contributed by atoms with E-state index in [4.69, 9.17) is 21.1 Å². The molecule has 1 heterocycles. The van der Waals surface area contributed by atoms with Crippen molar-refractivity contribution in [3.05, 3.63) is 58.9 Å². The first-order chi connectivity index (χ1) is 17.8. The van der Waals surface area contributed by atoms with Crippen LogP contribution in [0.15, 0.2) is 42.5 Å². The summed E-state index contributed by atoms with van der Waals surface area (Å²) in [7, 11) is 0. The van der Waals surface area contributed by atoms with Crippen LogP contribution in [0, 0.1) is 5.82 Å². The molecule has 0 spiro atoms. The SMILES string of the molecule is CC(C)(C)OC(=O)N1CC(NC(=O)COc2ccc(Cl)c(F)c2)CC[C@H]1C(=O)Nc1cccc(C(F)F)c1. The Morgan fingerprint density at radius 1 is 1.13 bits per heavy atom. The zero-order valence-electron chi connectivity index (χ0n) is 21.1. The number of alkyl halides is 2. The summed E-state index contributed by atoms with van der Waals surface area (Å²) >= 11 is 5.64. The van der Waals surface area contributed by atoms with Gasteiger partial charge in [0.25, 0.3) is 12.3 Å². The van der Waals surface area contributed by atoms with Crippen LogP contribution in [-0.4, -0.2) is 53.6 Å². The second-order valence-corrected chi connectivity index (χ2v) is 10.2. The molecule has 12 heteroatoms. The Hall–Kier alpha value is -3.47. The highest BCUT2D eigenvalue weighted by atomic mass is 35.5. The summed E-state index contributed by atoms with van der Waals surface area (Å²) in [4.78, 5) is 39.7. The number of rotatable bonds is 7. The molecule has 2 atom stereocenters. The maximum atomic E-state index is 13.6. The molecule has 3 rings (SSSR count). The van der Waals surface area contributed by atoms with Crippen LogP contribution in [0.2, 0.25) is 5.02 Å². The van der Waals surface area contributed by atoms with Crippen molar-refractivity contribution in [2.45, 2.75) is 57.7 Å². The van der Waals surface area contributed by atoms with Crippen molar-refractivity contribution in [2.75, 3.05) is 18.5 Å². The quantitative estimate of drug-likeness (QED) is 0.482. The number of benzene rings is 2. The molecular weight excluding hydrogens is 527 g/mol. The van der Waals surface area contributed by atoms with Crippen molar-refractivity contribution >= 4 is 35.2 Å². The van der Waals surface area contributed by atoms with Gasteiger partial charge in [0.15, 0.2) is 6.61 Å². The molecule has 2 aromatic rings. The van der Waals surface area contributed by atoms with Crippen LogP contribution in [0.1, 0.15) is 45.6 Å². The maximum Gasteiger partial charge on any atom is 0.411 e. The van der Waals surface area contributed by atoms with E-state index in [-0.39, 0.29) is 35.0 Å². The van der Waals surface area contributed by atoms with Gasteiger partial charge in [-0.05, 0) is 57.9 Å². The van der Waals surface area contributed by atoms with Gasteiger partial charge >= 0.3 is 6.09 Å². The molecule has 3 amide bonds. The lowest BCUT2D eigenvalue weighted by Crippen LogP contribution is -2.58. The summed E-state index contributed by atoms with van der Waals surface area (Å²) < 4.78 is 50.4. The summed E-state index contributed by atoms with van der Waals surface area (Å²) in [6.07, 6.45) is -2.94. The topological polar surface area (TPSA) is 97.0 Å². The summed E-state index contributed by atoms with van der Waals surface area (Å²) in [5.74, 6) is -1.65. The lowest BCUT2D eigenvalue weighted by Gasteiger charge is -2.39. The van der Waals surface area contributed by atoms with E-state index >= 15 is 0 Å². The number of halogens is 4. The molecule has 0 radical (unpaired) electrons. The van der Waals surface area contributed by atoms with Gasteiger partial charge in [-0.25, -0.2) is 18.0 Å². The monoisotopic (exact) mass is 555 g/mol. The van der Waals surface area contributed by atoms with Gasteiger partial charge in [0.1, 0.15) is 23.2 Å². The fraction of sp³-hybridized carbons (Fsp3) is 0.423.